The van der Waals surface area contributed by atoms with E-state index in [2.05, 4.69) is 0 Å². The third-order valence-electron chi connectivity index (χ3n) is 3.67. The molecule has 0 saturated heterocycles. The van der Waals surface area contributed by atoms with E-state index < -0.39 is 17.7 Å². The van der Waals surface area contributed by atoms with E-state index in [1.165, 1.54) is 21.1 Å². The molecule has 116 valence electrons. The molecule has 6 nitrogen and oxygen atoms in total. The van der Waals surface area contributed by atoms with Crippen LogP contribution in [-0.2, 0) is 16.0 Å². The lowest BCUT2D eigenvalue weighted by Crippen LogP contribution is -2.42. The van der Waals surface area contributed by atoms with Crippen LogP contribution in [0.1, 0.15) is 30.6 Å². The van der Waals surface area contributed by atoms with Gasteiger partial charge in [0.1, 0.15) is 23.7 Å². The zero-order valence-corrected chi connectivity index (χ0v) is 12.4. The molecular weight excluding hydrogens is 276 g/mol. The first kappa shape index (κ1) is 15.6. The fourth-order valence-corrected chi connectivity index (χ4v) is 2.75. The fourth-order valence-electron chi connectivity index (χ4n) is 2.75. The van der Waals surface area contributed by atoms with Gasteiger partial charge in [0.25, 0.3) is 0 Å². The van der Waals surface area contributed by atoms with E-state index in [1.54, 1.807) is 12.1 Å². The number of hydrogen-bond donors (Lipinski definition) is 2. The molecule has 0 amide bonds. The SMILES string of the molecule is COc1ccc(OC)c2c1C[C@@](O)(COC(C)=O)C[C@@H]2O. The number of ether oxygens (including phenoxy) is 3. The molecule has 21 heavy (non-hydrogen) atoms. The number of carbonyl (C=O) groups is 1. The minimum Gasteiger partial charge on any atom is -0.496 e. The van der Waals surface area contributed by atoms with Gasteiger partial charge in [0, 0.05) is 30.9 Å². The number of rotatable bonds is 4. The summed E-state index contributed by atoms with van der Waals surface area (Å²) in [7, 11) is 3.04. The van der Waals surface area contributed by atoms with Gasteiger partial charge in [-0.3, -0.25) is 4.79 Å². The van der Waals surface area contributed by atoms with E-state index in [9.17, 15) is 15.0 Å². The van der Waals surface area contributed by atoms with E-state index in [4.69, 9.17) is 14.2 Å². The van der Waals surface area contributed by atoms with Crippen LogP contribution < -0.4 is 9.47 Å². The van der Waals surface area contributed by atoms with Crippen molar-refractivity contribution in [3.63, 3.8) is 0 Å². The van der Waals surface area contributed by atoms with Gasteiger partial charge in [-0.15, -0.1) is 0 Å². The molecule has 1 aliphatic carbocycles. The lowest BCUT2D eigenvalue weighted by Gasteiger charge is -2.36. The molecule has 0 heterocycles. The zero-order chi connectivity index (χ0) is 15.6. The molecule has 1 aliphatic rings. The van der Waals surface area contributed by atoms with Crippen LogP contribution in [0.2, 0.25) is 0 Å². The normalized spacial score (nSPS) is 24.1. The Hall–Kier alpha value is -1.79. The Morgan fingerprint density at radius 2 is 1.95 bits per heavy atom. The molecule has 0 spiro atoms. The van der Waals surface area contributed by atoms with Gasteiger partial charge in [0.2, 0.25) is 0 Å². The highest BCUT2D eigenvalue weighted by Gasteiger charge is 2.41. The lowest BCUT2D eigenvalue weighted by molar-refractivity contribution is -0.151. The number of carbonyl (C=O) groups excluding carboxylic acids is 1. The number of aliphatic hydroxyl groups is 2. The summed E-state index contributed by atoms with van der Waals surface area (Å²) in [6, 6.07) is 3.44. The third-order valence-corrected chi connectivity index (χ3v) is 3.67. The van der Waals surface area contributed by atoms with Gasteiger partial charge >= 0.3 is 5.97 Å². The first-order valence-electron chi connectivity index (χ1n) is 6.68. The van der Waals surface area contributed by atoms with Crippen molar-refractivity contribution < 1.29 is 29.2 Å². The van der Waals surface area contributed by atoms with Crippen LogP contribution in [0.5, 0.6) is 11.5 Å². The first-order valence-corrected chi connectivity index (χ1v) is 6.68. The van der Waals surface area contributed by atoms with Gasteiger partial charge in [-0.1, -0.05) is 0 Å². The second-order valence-corrected chi connectivity index (χ2v) is 5.26. The van der Waals surface area contributed by atoms with Gasteiger partial charge in [-0.25, -0.2) is 0 Å². The van der Waals surface area contributed by atoms with E-state index in [0.29, 0.717) is 22.6 Å². The summed E-state index contributed by atoms with van der Waals surface area (Å²) in [5.74, 6) is 0.639. The van der Waals surface area contributed by atoms with Crippen molar-refractivity contribution in [2.45, 2.75) is 31.5 Å². The molecule has 0 bridgehead atoms. The van der Waals surface area contributed by atoms with Gasteiger partial charge < -0.3 is 24.4 Å². The van der Waals surface area contributed by atoms with Crippen LogP contribution in [0.25, 0.3) is 0 Å². The molecule has 2 N–H and O–H groups in total. The van der Waals surface area contributed by atoms with Crippen molar-refractivity contribution in [3.05, 3.63) is 23.3 Å². The number of fused-ring (bicyclic) bond motifs is 1. The Kier molecular flexibility index (Phi) is 4.39. The topological polar surface area (TPSA) is 85.2 Å². The summed E-state index contributed by atoms with van der Waals surface area (Å²) in [6.45, 7) is 1.11. The molecule has 0 unspecified atom stereocenters. The second-order valence-electron chi connectivity index (χ2n) is 5.26. The Morgan fingerprint density at radius 1 is 1.33 bits per heavy atom. The molecule has 1 aromatic carbocycles. The number of aliphatic hydroxyl groups excluding tert-OH is 1. The molecule has 0 fully saturated rings. The highest BCUT2D eigenvalue weighted by atomic mass is 16.5. The molecule has 0 aliphatic heterocycles. The maximum Gasteiger partial charge on any atom is 0.302 e. The first-order chi connectivity index (χ1) is 9.90. The van der Waals surface area contributed by atoms with E-state index in [1.807, 2.05) is 0 Å². The minimum absolute atomic E-state index is 0.0663. The molecule has 1 aromatic rings. The highest BCUT2D eigenvalue weighted by Crippen LogP contribution is 2.44. The van der Waals surface area contributed by atoms with Crippen LogP contribution in [-0.4, -0.2) is 42.6 Å². The number of methoxy groups -OCH3 is 2. The largest absolute Gasteiger partial charge is 0.496 e. The maximum absolute atomic E-state index is 10.9. The van der Waals surface area contributed by atoms with E-state index in [0.717, 1.165) is 0 Å². The summed E-state index contributed by atoms with van der Waals surface area (Å²) >= 11 is 0. The summed E-state index contributed by atoms with van der Waals surface area (Å²) in [6.07, 6.45) is -0.636. The van der Waals surface area contributed by atoms with Crippen molar-refractivity contribution in [1.29, 1.82) is 0 Å². The zero-order valence-electron chi connectivity index (χ0n) is 12.4. The molecule has 2 rings (SSSR count). The predicted octanol–water partition coefficient (Wildman–Crippen LogP) is 0.978. The predicted molar refractivity (Wildman–Crippen MR) is 74.4 cm³/mol. The lowest BCUT2D eigenvalue weighted by atomic mass is 9.78. The van der Waals surface area contributed by atoms with Crippen molar-refractivity contribution in [1.82, 2.24) is 0 Å². The Bertz CT molecular complexity index is 541. The van der Waals surface area contributed by atoms with Crippen LogP contribution in [0, 0.1) is 0 Å². The monoisotopic (exact) mass is 296 g/mol. The smallest absolute Gasteiger partial charge is 0.302 e. The van der Waals surface area contributed by atoms with Gasteiger partial charge in [0.15, 0.2) is 0 Å². The van der Waals surface area contributed by atoms with Gasteiger partial charge in [-0.2, -0.15) is 0 Å². The Labute approximate surface area is 123 Å². The molecule has 0 aromatic heterocycles. The number of benzene rings is 1. The van der Waals surface area contributed by atoms with Crippen LogP contribution in [0.4, 0.5) is 0 Å². The molecule has 0 radical (unpaired) electrons. The standard InChI is InChI=1S/C15H20O6/c1-9(16)21-8-15(18)6-10-12(19-2)4-5-13(20-3)14(10)11(17)7-15/h4-5,11,17-18H,6-8H2,1-3H3/t11-,15-/m0/s1. The van der Waals surface area contributed by atoms with Gasteiger partial charge in [0.05, 0.1) is 20.3 Å². The second kappa shape index (κ2) is 5.91. The summed E-state index contributed by atoms with van der Waals surface area (Å²) in [4.78, 5) is 10.9. The molecular formula is C15H20O6. The number of hydrogen-bond acceptors (Lipinski definition) is 6. The molecule has 2 atom stereocenters. The molecule has 6 heteroatoms. The average Bonchev–Trinajstić information content (AvgIpc) is 2.44. The maximum atomic E-state index is 10.9. The summed E-state index contributed by atoms with van der Waals surface area (Å²) in [5.41, 5.74) is -0.0350. The quantitative estimate of drug-likeness (QED) is 0.806. The average molecular weight is 296 g/mol. The van der Waals surface area contributed by atoms with E-state index >= 15 is 0 Å². The van der Waals surface area contributed by atoms with Crippen LogP contribution in [0.15, 0.2) is 12.1 Å². The van der Waals surface area contributed by atoms with Crippen molar-refractivity contribution >= 4 is 5.97 Å². The van der Waals surface area contributed by atoms with Crippen molar-refractivity contribution in [2.24, 2.45) is 0 Å². The van der Waals surface area contributed by atoms with Crippen LogP contribution >= 0.6 is 0 Å². The Balaban J connectivity index is 2.39. The van der Waals surface area contributed by atoms with Crippen molar-refractivity contribution in [3.8, 4) is 11.5 Å². The van der Waals surface area contributed by atoms with Gasteiger partial charge in [-0.05, 0) is 12.1 Å². The Morgan fingerprint density at radius 3 is 2.52 bits per heavy atom. The minimum atomic E-state index is -1.32. The molecule has 0 saturated carbocycles. The fraction of sp³-hybridized carbons (Fsp3) is 0.533. The van der Waals surface area contributed by atoms with Crippen molar-refractivity contribution in [2.75, 3.05) is 20.8 Å². The number of esters is 1. The highest BCUT2D eigenvalue weighted by molar-refractivity contribution is 5.66. The van der Waals surface area contributed by atoms with Crippen LogP contribution in [0.3, 0.4) is 0 Å². The summed E-state index contributed by atoms with van der Waals surface area (Å²) < 4.78 is 15.5. The van der Waals surface area contributed by atoms with E-state index in [-0.39, 0.29) is 19.4 Å². The summed E-state index contributed by atoms with van der Waals surface area (Å²) in [5, 5.41) is 20.9. The third kappa shape index (κ3) is 3.11.